The van der Waals surface area contributed by atoms with Gasteiger partial charge >= 0.3 is 6.09 Å². The molecule has 11 heteroatoms. The highest BCUT2D eigenvalue weighted by Gasteiger charge is 2.34. The molecule has 0 saturated heterocycles. The van der Waals surface area contributed by atoms with Crippen LogP contribution in [0.4, 0.5) is 9.18 Å². The van der Waals surface area contributed by atoms with E-state index in [0.717, 1.165) is 22.3 Å². The van der Waals surface area contributed by atoms with Crippen molar-refractivity contribution in [3.8, 4) is 0 Å². The summed E-state index contributed by atoms with van der Waals surface area (Å²) in [4.78, 5) is 65.9. The molecular weight excluding hydrogens is 663 g/mol. The summed E-state index contributed by atoms with van der Waals surface area (Å²) in [6.07, 6.45) is -0.0267. The van der Waals surface area contributed by atoms with Gasteiger partial charge in [0.1, 0.15) is 17.9 Å². The summed E-state index contributed by atoms with van der Waals surface area (Å²) in [5.74, 6) is -1.97. The molecule has 0 saturated carbocycles. The lowest BCUT2D eigenvalue weighted by molar-refractivity contribution is -0.141. The fraction of sp³-hybridized carbons (Fsp3) is 0.293. The van der Waals surface area contributed by atoms with Crippen molar-refractivity contribution in [2.24, 2.45) is 0 Å². The molecule has 4 N–H and O–H groups in total. The van der Waals surface area contributed by atoms with Crippen molar-refractivity contribution in [3.05, 3.63) is 143 Å². The van der Waals surface area contributed by atoms with Gasteiger partial charge in [-0.2, -0.15) is 0 Å². The minimum Gasteiger partial charge on any atom is -0.465 e. The number of carbonyl (C=O) groups excluding carboxylic acids is 4. The highest BCUT2D eigenvalue weighted by atomic mass is 19.1. The van der Waals surface area contributed by atoms with E-state index in [-0.39, 0.29) is 62.4 Å². The number of halogens is 1. The summed E-state index contributed by atoms with van der Waals surface area (Å²) in [6.45, 7) is 0.763. The average molecular weight is 707 g/mol. The van der Waals surface area contributed by atoms with Crippen LogP contribution >= 0.6 is 0 Å². The SMILES string of the molecule is O=C(O)N[C@@H](CCCCNC(=O)[C@@H]1Cc2ccccc2CN1C(=O)CCC(=O)c1ccc(F)cc1)C(=O)NCC(c1ccccc1)c1ccccc1. The van der Waals surface area contributed by atoms with Crippen LogP contribution in [0.5, 0.6) is 0 Å². The first kappa shape index (κ1) is 37.4. The first-order valence-corrected chi connectivity index (χ1v) is 17.5. The Morgan fingerprint density at radius 1 is 0.750 bits per heavy atom. The van der Waals surface area contributed by atoms with E-state index < -0.39 is 29.9 Å². The monoisotopic (exact) mass is 706 g/mol. The zero-order chi connectivity index (χ0) is 36.9. The van der Waals surface area contributed by atoms with Crippen LogP contribution in [0.15, 0.2) is 109 Å². The van der Waals surface area contributed by atoms with Crippen molar-refractivity contribution in [1.82, 2.24) is 20.9 Å². The lowest BCUT2D eigenvalue weighted by Crippen LogP contribution is -2.52. The number of hydrogen-bond donors (Lipinski definition) is 4. The van der Waals surface area contributed by atoms with E-state index in [9.17, 15) is 33.5 Å². The van der Waals surface area contributed by atoms with Gasteiger partial charge in [0.25, 0.3) is 0 Å². The normalized spacial score (nSPS) is 14.2. The van der Waals surface area contributed by atoms with Gasteiger partial charge in [-0.1, -0.05) is 84.9 Å². The van der Waals surface area contributed by atoms with E-state index in [1.54, 1.807) is 0 Å². The lowest BCUT2D eigenvalue weighted by Gasteiger charge is -2.36. The Labute approximate surface area is 302 Å². The van der Waals surface area contributed by atoms with E-state index >= 15 is 0 Å². The first-order valence-electron chi connectivity index (χ1n) is 17.5. The Hall–Kier alpha value is -5.84. The quantitative estimate of drug-likeness (QED) is 0.0881. The third-order valence-electron chi connectivity index (χ3n) is 9.32. The molecule has 10 nitrogen and oxygen atoms in total. The highest BCUT2D eigenvalue weighted by Crippen LogP contribution is 2.26. The van der Waals surface area contributed by atoms with E-state index in [4.69, 9.17) is 0 Å². The number of carboxylic acid groups (broad SMARTS) is 1. The number of unbranched alkanes of at least 4 members (excludes halogenated alkanes) is 1. The summed E-state index contributed by atoms with van der Waals surface area (Å²) in [7, 11) is 0. The van der Waals surface area contributed by atoms with Crippen LogP contribution in [-0.2, 0) is 27.3 Å². The number of nitrogens with one attached hydrogen (secondary N) is 3. The summed E-state index contributed by atoms with van der Waals surface area (Å²) < 4.78 is 13.3. The van der Waals surface area contributed by atoms with Crippen LogP contribution in [-0.4, -0.2) is 64.8 Å². The molecule has 0 bridgehead atoms. The van der Waals surface area contributed by atoms with Crippen molar-refractivity contribution in [2.75, 3.05) is 13.1 Å². The second-order valence-corrected chi connectivity index (χ2v) is 12.8. The predicted octanol–water partition coefficient (Wildman–Crippen LogP) is 5.61. The summed E-state index contributed by atoms with van der Waals surface area (Å²) in [5, 5.41) is 17.6. The molecule has 1 aliphatic rings. The third-order valence-corrected chi connectivity index (χ3v) is 9.32. The van der Waals surface area contributed by atoms with Crippen LogP contribution in [0.25, 0.3) is 0 Å². The summed E-state index contributed by atoms with van der Waals surface area (Å²) >= 11 is 0. The van der Waals surface area contributed by atoms with Gasteiger partial charge in [0.05, 0.1) is 0 Å². The van der Waals surface area contributed by atoms with Gasteiger partial charge in [-0.3, -0.25) is 19.2 Å². The van der Waals surface area contributed by atoms with Crippen LogP contribution in [0.1, 0.15) is 70.6 Å². The molecule has 1 heterocycles. The summed E-state index contributed by atoms with van der Waals surface area (Å²) in [5.41, 5.74) is 4.25. The molecule has 4 amide bonds. The zero-order valence-corrected chi connectivity index (χ0v) is 28.8. The number of nitrogens with zero attached hydrogens (tertiary/aromatic N) is 1. The maximum absolute atomic E-state index is 13.5. The van der Waals surface area contributed by atoms with Crippen molar-refractivity contribution in [1.29, 1.82) is 0 Å². The number of fused-ring (bicyclic) bond motifs is 1. The second-order valence-electron chi connectivity index (χ2n) is 12.8. The molecule has 0 aliphatic carbocycles. The van der Waals surface area contributed by atoms with Gasteiger partial charge < -0.3 is 26.0 Å². The number of Topliss-reactive ketones (excluding diaryl/α,β-unsaturated/α-hetero) is 1. The van der Waals surface area contributed by atoms with Crippen LogP contribution < -0.4 is 16.0 Å². The molecule has 0 unspecified atom stereocenters. The molecule has 0 radical (unpaired) electrons. The highest BCUT2D eigenvalue weighted by molar-refractivity contribution is 5.98. The van der Waals surface area contributed by atoms with Crippen molar-refractivity contribution in [2.45, 2.75) is 63.1 Å². The van der Waals surface area contributed by atoms with E-state index in [1.165, 1.54) is 29.2 Å². The van der Waals surface area contributed by atoms with Gasteiger partial charge in [0.2, 0.25) is 17.7 Å². The molecule has 0 spiro atoms. The van der Waals surface area contributed by atoms with Crippen molar-refractivity contribution >= 4 is 29.6 Å². The molecule has 4 aromatic carbocycles. The maximum Gasteiger partial charge on any atom is 0.405 e. The number of rotatable bonds is 16. The number of hydrogen-bond acceptors (Lipinski definition) is 5. The number of amides is 4. The molecule has 0 fully saturated rings. The largest absolute Gasteiger partial charge is 0.465 e. The number of ketones is 1. The standard InChI is InChI=1S/C41H43FN4O6/c42-33-20-18-30(19-21-33)37(47)22-23-38(48)46-27-32-16-8-7-15-31(32)25-36(46)40(50)43-24-10-9-17-35(45-41(51)52)39(49)44-26-34(28-11-3-1-4-12-28)29-13-5-2-6-14-29/h1-8,11-16,18-21,34-36,45H,9-10,17,22-27H2,(H,43,50)(H,44,49)(H,51,52)/t35-,36-/m0/s1. The predicted molar refractivity (Wildman–Crippen MR) is 194 cm³/mol. The van der Waals surface area contributed by atoms with E-state index in [1.807, 2.05) is 84.9 Å². The lowest BCUT2D eigenvalue weighted by atomic mass is 9.91. The molecule has 2 atom stereocenters. The zero-order valence-electron chi connectivity index (χ0n) is 28.8. The minimum absolute atomic E-state index is 0.0742. The van der Waals surface area contributed by atoms with E-state index in [2.05, 4.69) is 16.0 Å². The van der Waals surface area contributed by atoms with E-state index in [0.29, 0.717) is 24.8 Å². The third kappa shape index (κ3) is 10.3. The average Bonchev–Trinajstić information content (AvgIpc) is 3.16. The fourth-order valence-corrected chi connectivity index (χ4v) is 6.51. The fourth-order valence-electron chi connectivity index (χ4n) is 6.51. The number of carbonyl (C=O) groups is 5. The topological polar surface area (TPSA) is 145 Å². The van der Waals surface area contributed by atoms with Crippen molar-refractivity contribution in [3.63, 3.8) is 0 Å². The van der Waals surface area contributed by atoms with Crippen LogP contribution in [0.3, 0.4) is 0 Å². The van der Waals surface area contributed by atoms with Gasteiger partial charge in [0.15, 0.2) is 5.78 Å². The summed E-state index contributed by atoms with van der Waals surface area (Å²) in [6, 6.07) is 30.5. The molecule has 270 valence electrons. The Morgan fingerprint density at radius 3 is 2.00 bits per heavy atom. The maximum atomic E-state index is 13.5. The Balaban J connectivity index is 1.14. The Kier molecular flexibility index (Phi) is 13.2. The van der Waals surface area contributed by atoms with Crippen LogP contribution in [0.2, 0.25) is 0 Å². The molecule has 4 aromatic rings. The van der Waals surface area contributed by atoms with Crippen LogP contribution in [0, 0.1) is 5.82 Å². The molecule has 0 aromatic heterocycles. The Morgan fingerprint density at radius 2 is 1.37 bits per heavy atom. The smallest absolute Gasteiger partial charge is 0.405 e. The van der Waals surface area contributed by atoms with Gasteiger partial charge in [0, 0.05) is 50.4 Å². The van der Waals surface area contributed by atoms with Gasteiger partial charge in [-0.15, -0.1) is 0 Å². The molecule has 5 rings (SSSR count). The molecular formula is C41H43FN4O6. The molecule has 52 heavy (non-hydrogen) atoms. The Bertz CT molecular complexity index is 1800. The van der Waals surface area contributed by atoms with Gasteiger partial charge in [-0.25, -0.2) is 9.18 Å². The van der Waals surface area contributed by atoms with Gasteiger partial charge in [-0.05, 0) is 65.8 Å². The second kappa shape index (κ2) is 18.4. The first-order chi connectivity index (χ1) is 25.2. The molecule has 1 aliphatic heterocycles. The minimum atomic E-state index is -1.31. The number of benzene rings is 4. The van der Waals surface area contributed by atoms with Crippen molar-refractivity contribution < 1.29 is 33.5 Å².